The van der Waals surface area contributed by atoms with E-state index >= 15 is 0 Å². The average Bonchev–Trinajstić information content (AvgIpc) is 2.82. The Morgan fingerprint density at radius 1 is 1.17 bits per heavy atom. The summed E-state index contributed by atoms with van der Waals surface area (Å²) in [5.74, 6) is 0. The fourth-order valence-corrected chi connectivity index (χ4v) is 2.84. The molecule has 0 amide bonds. The molecule has 0 radical (unpaired) electrons. The molecule has 1 saturated heterocycles. The molecule has 94 valence electrons. The van der Waals surface area contributed by atoms with Gasteiger partial charge in [-0.2, -0.15) is 0 Å². The van der Waals surface area contributed by atoms with E-state index in [9.17, 15) is 0 Å². The lowest BCUT2D eigenvalue weighted by Gasteiger charge is -2.20. The first-order chi connectivity index (χ1) is 8.84. The summed E-state index contributed by atoms with van der Waals surface area (Å²) < 4.78 is 0. The molecule has 3 rings (SSSR count). The maximum Gasteiger partial charge on any atom is 0.0420 e. The fraction of sp³-hybridized carbons (Fsp3) is 0.375. The van der Waals surface area contributed by atoms with Gasteiger partial charge in [-0.25, -0.2) is 0 Å². The molecule has 1 fully saturated rings. The van der Waals surface area contributed by atoms with Gasteiger partial charge in [-0.3, -0.25) is 0 Å². The molecule has 0 saturated carbocycles. The molecule has 1 aliphatic rings. The number of likely N-dealkylation sites (tertiary alicyclic amines) is 1. The number of nitrogens with one attached hydrogen (secondary N) is 1. The van der Waals surface area contributed by atoms with E-state index in [0.29, 0.717) is 6.04 Å². The van der Waals surface area contributed by atoms with Crippen molar-refractivity contribution in [2.75, 3.05) is 25.5 Å². The third-order valence-electron chi connectivity index (χ3n) is 3.99. The van der Waals surface area contributed by atoms with Crippen molar-refractivity contribution in [2.45, 2.75) is 18.9 Å². The second kappa shape index (κ2) is 4.99. The monoisotopic (exact) mass is 240 g/mol. The summed E-state index contributed by atoms with van der Waals surface area (Å²) in [7, 11) is 2.22. The second-order valence-electron chi connectivity index (χ2n) is 5.18. The summed E-state index contributed by atoms with van der Waals surface area (Å²) in [6, 6.07) is 15.7. The van der Waals surface area contributed by atoms with Crippen LogP contribution in [0.4, 0.5) is 5.69 Å². The molecule has 1 atom stereocenters. The molecule has 0 spiro atoms. The highest BCUT2D eigenvalue weighted by Gasteiger charge is 2.20. The van der Waals surface area contributed by atoms with Crippen LogP contribution in [0, 0.1) is 0 Å². The van der Waals surface area contributed by atoms with Gasteiger partial charge in [-0.15, -0.1) is 0 Å². The second-order valence-corrected chi connectivity index (χ2v) is 5.18. The largest absolute Gasteiger partial charge is 0.383 e. The Morgan fingerprint density at radius 3 is 2.83 bits per heavy atom. The zero-order valence-electron chi connectivity index (χ0n) is 10.9. The number of nitrogens with zero attached hydrogens (tertiary/aromatic N) is 1. The van der Waals surface area contributed by atoms with Crippen molar-refractivity contribution in [3.63, 3.8) is 0 Å². The van der Waals surface area contributed by atoms with Crippen LogP contribution in [0.3, 0.4) is 0 Å². The van der Waals surface area contributed by atoms with E-state index < -0.39 is 0 Å². The molecule has 0 aliphatic carbocycles. The predicted octanol–water partition coefficient (Wildman–Crippen LogP) is 3.35. The number of likely N-dealkylation sites (N-methyl/N-ethyl adjacent to an activating group) is 1. The number of rotatable bonds is 3. The normalized spacial score (nSPS) is 20.4. The molecule has 1 heterocycles. The minimum Gasteiger partial charge on any atom is -0.383 e. The topological polar surface area (TPSA) is 15.3 Å². The van der Waals surface area contributed by atoms with Crippen LogP contribution in [0.1, 0.15) is 12.8 Å². The number of hydrogen-bond acceptors (Lipinski definition) is 2. The van der Waals surface area contributed by atoms with E-state index in [0.717, 1.165) is 6.54 Å². The molecule has 2 aromatic carbocycles. The molecule has 18 heavy (non-hydrogen) atoms. The quantitative estimate of drug-likeness (QED) is 0.885. The van der Waals surface area contributed by atoms with E-state index in [1.807, 2.05) is 0 Å². The van der Waals surface area contributed by atoms with Crippen LogP contribution in [0.5, 0.6) is 0 Å². The van der Waals surface area contributed by atoms with Crippen LogP contribution in [-0.4, -0.2) is 31.1 Å². The van der Waals surface area contributed by atoms with Crippen LogP contribution in [0.15, 0.2) is 42.5 Å². The van der Waals surface area contributed by atoms with Gasteiger partial charge in [0.2, 0.25) is 0 Å². The zero-order chi connectivity index (χ0) is 12.4. The molecule has 2 heteroatoms. The van der Waals surface area contributed by atoms with Gasteiger partial charge in [0, 0.05) is 23.7 Å². The lowest BCUT2D eigenvalue weighted by atomic mass is 10.1. The Hall–Kier alpha value is -1.54. The third-order valence-corrected chi connectivity index (χ3v) is 3.99. The predicted molar refractivity (Wildman–Crippen MR) is 78.1 cm³/mol. The molecule has 2 nitrogen and oxygen atoms in total. The molecule has 0 unspecified atom stereocenters. The van der Waals surface area contributed by atoms with Crippen LogP contribution in [0.25, 0.3) is 10.8 Å². The summed E-state index contributed by atoms with van der Waals surface area (Å²) in [5, 5.41) is 6.25. The van der Waals surface area contributed by atoms with Crippen molar-refractivity contribution in [1.29, 1.82) is 0 Å². The van der Waals surface area contributed by atoms with Crippen LogP contribution >= 0.6 is 0 Å². The molecule has 1 N–H and O–H groups in total. The van der Waals surface area contributed by atoms with Crippen molar-refractivity contribution < 1.29 is 0 Å². The first-order valence-electron chi connectivity index (χ1n) is 6.76. The van der Waals surface area contributed by atoms with Gasteiger partial charge in [0.25, 0.3) is 0 Å². The van der Waals surface area contributed by atoms with Crippen molar-refractivity contribution in [1.82, 2.24) is 4.90 Å². The maximum absolute atomic E-state index is 3.62. The number of anilines is 1. The van der Waals surface area contributed by atoms with Crippen molar-refractivity contribution in [2.24, 2.45) is 0 Å². The summed E-state index contributed by atoms with van der Waals surface area (Å²) in [6.07, 6.45) is 2.65. The van der Waals surface area contributed by atoms with Crippen molar-refractivity contribution >= 4 is 16.5 Å². The number of benzene rings is 2. The fourth-order valence-electron chi connectivity index (χ4n) is 2.84. The highest BCUT2D eigenvalue weighted by atomic mass is 15.2. The molecular weight excluding hydrogens is 220 g/mol. The summed E-state index contributed by atoms with van der Waals surface area (Å²) >= 11 is 0. The van der Waals surface area contributed by atoms with E-state index in [1.54, 1.807) is 0 Å². The zero-order valence-corrected chi connectivity index (χ0v) is 10.9. The highest BCUT2D eigenvalue weighted by molar-refractivity contribution is 5.93. The maximum atomic E-state index is 3.62. The van der Waals surface area contributed by atoms with Gasteiger partial charge in [0.15, 0.2) is 0 Å². The van der Waals surface area contributed by atoms with Gasteiger partial charge >= 0.3 is 0 Å². The van der Waals surface area contributed by atoms with Gasteiger partial charge in [-0.1, -0.05) is 36.4 Å². The Balaban J connectivity index is 1.78. The lowest BCUT2D eigenvalue weighted by Crippen LogP contribution is -2.31. The highest BCUT2D eigenvalue weighted by Crippen LogP contribution is 2.24. The minimum absolute atomic E-state index is 0.684. The minimum atomic E-state index is 0.684. The third kappa shape index (κ3) is 2.21. The Morgan fingerprint density at radius 2 is 2.00 bits per heavy atom. The Kier molecular flexibility index (Phi) is 3.20. The molecular formula is C16H20N2. The first kappa shape index (κ1) is 11.5. The first-order valence-corrected chi connectivity index (χ1v) is 6.76. The number of fused-ring (bicyclic) bond motifs is 1. The Labute approximate surface area is 109 Å². The summed E-state index contributed by atoms with van der Waals surface area (Å²) in [6.45, 7) is 2.28. The van der Waals surface area contributed by atoms with Gasteiger partial charge in [-0.05, 0) is 37.9 Å². The molecule has 2 aromatic rings. The summed E-state index contributed by atoms with van der Waals surface area (Å²) in [5.41, 5.74) is 1.26. The van der Waals surface area contributed by atoms with Crippen molar-refractivity contribution in [3.8, 4) is 0 Å². The standard InChI is InChI=1S/C16H20N2/c1-18-11-5-8-14(18)12-17-16-10-4-7-13-6-2-3-9-15(13)16/h2-4,6-7,9-10,14,17H,5,8,11-12H2,1H3/t14-/m1/s1. The van der Waals surface area contributed by atoms with E-state index in [2.05, 4.69) is 59.7 Å². The molecule has 1 aliphatic heterocycles. The van der Waals surface area contributed by atoms with E-state index in [4.69, 9.17) is 0 Å². The van der Waals surface area contributed by atoms with Gasteiger partial charge in [0.05, 0.1) is 0 Å². The average molecular weight is 240 g/mol. The SMILES string of the molecule is CN1CCC[C@@H]1CNc1cccc2ccccc12. The lowest BCUT2D eigenvalue weighted by molar-refractivity contribution is 0.322. The van der Waals surface area contributed by atoms with Gasteiger partial charge in [0.1, 0.15) is 0 Å². The summed E-state index contributed by atoms with van der Waals surface area (Å²) in [4.78, 5) is 2.46. The van der Waals surface area contributed by atoms with E-state index in [-0.39, 0.29) is 0 Å². The Bertz CT molecular complexity index is 530. The molecule has 0 aromatic heterocycles. The van der Waals surface area contributed by atoms with Crippen LogP contribution in [0.2, 0.25) is 0 Å². The van der Waals surface area contributed by atoms with Crippen molar-refractivity contribution in [3.05, 3.63) is 42.5 Å². The number of hydrogen-bond donors (Lipinski definition) is 1. The van der Waals surface area contributed by atoms with Crippen LogP contribution < -0.4 is 5.32 Å². The van der Waals surface area contributed by atoms with E-state index in [1.165, 1.54) is 35.8 Å². The molecule has 0 bridgehead atoms. The smallest absolute Gasteiger partial charge is 0.0420 e. The van der Waals surface area contributed by atoms with Crippen LogP contribution in [-0.2, 0) is 0 Å². The van der Waals surface area contributed by atoms with Gasteiger partial charge < -0.3 is 10.2 Å².